The monoisotopic (exact) mass is 400 g/mol. The minimum atomic E-state index is -0.708. The molecule has 5 heteroatoms. The maximum atomic E-state index is 10.1. The zero-order valence-corrected chi connectivity index (χ0v) is 14.0. The highest BCUT2D eigenvalue weighted by Crippen LogP contribution is 2.29. The molecule has 2 rings (SSSR count). The van der Waals surface area contributed by atoms with Gasteiger partial charge in [-0.2, -0.15) is 0 Å². The molecule has 0 bridgehead atoms. The average molecular weight is 402 g/mol. The van der Waals surface area contributed by atoms with E-state index < -0.39 is 6.10 Å². The number of rotatable bonds is 5. The molecule has 0 spiro atoms. The lowest BCUT2D eigenvalue weighted by Gasteiger charge is -2.14. The highest BCUT2D eigenvalue weighted by molar-refractivity contribution is 9.11. The molecule has 0 aliphatic heterocycles. The SMILES string of the molecule is COc1cccc(C(O)COc2ccc(Br)cc2Br)c1. The number of aliphatic hydroxyl groups excluding tert-OH is 1. The lowest BCUT2D eigenvalue weighted by Crippen LogP contribution is -2.10. The van der Waals surface area contributed by atoms with Crippen molar-refractivity contribution in [3.63, 3.8) is 0 Å². The Labute approximate surface area is 134 Å². The Morgan fingerprint density at radius 2 is 1.95 bits per heavy atom. The van der Waals surface area contributed by atoms with Crippen LogP contribution in [0.25, 0.3) is 0 Å². The molecule has 0 fully saturated rings. The van der Waals surface area contributed by atoms with Crippen molar-refractivity contribution in [3.05, 3.63) is 57.0 Å². The molecule has 3 nitrogen and oxygen atoms in total. The summed E-state index contributed by atoms with van der Waals surface area (Å²) in [6.45, 7) is 0.174. The number of hydrogen-bond donors (Lipinski definition) is 1. The van der Waals surface area contributed by atoms with Crippen molar-refractivity contribution < 1.29 is 14.6 Å². The van der Waals surface area contributed by atoms with Crippen LogP contribution in [-0.2, 0) is 0 Å². The smallest absolute Gasteiger partial charge is 0.133 e. The molecule has 0 amide bonds. The van der Waals surface area contributed by atoms with E-state index in [1.165, 1.54) is 0 Å². The molecule has 1 atom stereocenters. The van der Waals surface area contributed by atoms with Crippen LogP contribution in [0.4, 0.5) is 0 Å². The van der Waals surface area contributed by atoms with Crippen LogP contribution >= 0.6 is 31.9 Å². The van der Waals surface area contributed by atoms with Crippen LogP contribution in [0.15, 0.2) is 51.4 Å². The van der Waals surface area contributed by atoms with E-state index in [0.717, 1.165) is 14.5 Å². The lowest BCUT2D eigenvalue weighted by atomic mass is 10.1. The first-order chi connectivity index (χ1) is 9.60. The van der Waals surface area contributed by atoms with Gasteiger partial charge in [-0.05, 0) is 51.8 Å². The van der Waals surface area contributed by atoms with Crippen LogP contribution in [0, 0.1) is 0 Å². The van der Waals surface area contributed by atoms with Gasteiger partial charge < -0.3 is 14.6 Å². The zero-order valence-electron chi connectivity index (χ0n) is 10.8. The molecule has 0 saturated heterocycles. The Balaban J connectivity index is 2.02. The Morgan fingerprint density at radius 3 is 2.65 bits per heavy atom. The molecule has 1 N–H and O–H groups in total. The largest absolute Gasteiger partial charge is 0.497 e. The number of benzene rings is 2. The molecule has 20 heavy (non-hydrogen) atoms. The first-order valence-electron chi connectivity index (χ1n) is 6.00. The summed E-state index contributed by atoms with van der Waals surface area (Å²) < 4.78 is 12.6. The number of hydrogen-bond acceptors (Lipinski definition) is 3. The molecular weight excluding hydrogens is 388 g/mol. The van der Waals surface area contributed by atoms with Crippen LogP contribution in [0.1, 0.15) is 11.7 Å². The number of halogens is 2. The quantitative estimate of drug-likeness (QED) is 0.810. The summed E-state index contributed by atoms with van der Waals surface area (Å²) in [5, 5.41) is 10.1. The van der Waals surface area contributed by atoms with Gasteiger partial charge in [0.1, 0.15) is 24.2 Å². The predicted octanol–water partition coefficient (Wildman–Crippen LogP) is 4.33. The van der Waals surface area contributed by atoms with E-state index in [1.807, 2.05) is 36.4 Å². The topological polar surface area (TPSA) is 38.7 Å². The predicted molar refractivity (Wildman–Crippen MR) is 85.3 cm³/mol. The molecule has 0 aliphatic carbocycles. The summed E-state index contributed by atoms with van der Waals surface area (Å²) in [4.78, 5) is 0. The van der Waals surface area contributed by atoms with Crippen LogP contribution in [0.2, 0.25) is 0 Å². The van der Waals surface area contributed by atoms with Gasteiger partial charge in [0.25, 0.3) is 0 Å². The zero-order chi connectivity index (χ0) is 14.5. The second-order valence-electron chi connectivity index (χ2n) is 4.18. The highest BCUT2D eigenvalue weighted by atomic mass is 79.9. The Kier molecular flexibility index (Phi) is 5.46. The summed E-state index contributed by atoms with van der Waals surface area (Å²) in [5.74, 6) is 1.40. The molecule has 2 aromatic rings. The van der Waals surface area contributed by atoms with Crippen molar-refractivity contribution in [2.75, 3.05) is 13.7 Å². The van der Waals surface area contributed by atoms with Gasteiger partial charge in [0.2, 0.25) is 0 Å². The van der Waals surface area contributed by atoms with Gasteiger partial charge >= 0.3 is 0 Å². The van der Waals surface area contributed by atoms with Gasteiger partial charge in [-0.1, -0.05) is 28.1 Å². The molecule has 0 radical (unpaired) electrons. The van der Waals surface area contributed by atoms with E-state index >= 15 is 0 Å². The summed E-state index contributed by atoms with van der Waals surface area (Å²) in [7, 11) is 1.60. The number of aliphatic hydroxyl groups is 1. The van der Waals surface area contributed by atoms with Gasteiger partial charge in [0.15, 0.2) is 0 Å². The van der Waals surface area contributed by atoms with E-state index in [9.17, 15) is 5.11 Å². The van der Waals surface area contributed by atoms with Gasteiger partial charge in [-0.15, -0.1) is 0 Å². The molecule has 0 aliphatic rings. The molecule has 106 valence electrons. The van der Waals surface area contributed by atoms with Crippen molar-refractivity contribution in [2.45, 2.75) is 6.10 Å². The molecular formula is C15H14Br2O3. The standard InChI is InChI=1S/C15H14Br2O3/c1-19-12-4-2-3-10(7-12)14(18)9-20-15-6-5-11(16)8-13(15)17/h2-8,14,18H,9H2,1H3. The summed E-state index contributed by atoms with van der Waals surface area (Å²) in [6.07, 6.45) is -0.708. The van der Waals surface area contributed by atoms with Crippen LogP contribution < -0.4 is 9.47 Å². The maximum Gasteiger partial charge on any atom is 0.133 e. The van der Waals surface area contributed by atoms with Gasteiger partial charge in [0, 0.05) is 4.47 Å². The Bertz CT molecular complexity index is 587. The van der Waals surface area contributed by atoms with E-state index in [1.54, 1.807) is 13.2 Å². The second kappa shape index (κ2) is 7.11. The molecule has 0 heterocycles. The third kappa shape index (κ3) is 3.98. The number of methoxy groups -OCH3 is 1. The maximum absolute atomic E-state index is 10.1. The second-order valence-corrected chi connectivity index (χ2v) is 5.95. The average Bonchev–Trinajstić information content (AvgIpc) is 2.46. The highest BCUT2D eigenvalue weighted by Gasteiger charge is 2.10. The van der Waals surface area contributed by atoms with E-state index in [-0.39, 0.29) is 6.61 Å². The molecule has 1 unspecified atom stereocenters. The van der Waals surface area contributed by atoms with Crippen molar-refractivity contribution in [3.8, 4) is 11.5 Å². The van der Waals surface area contributed by atoms with Crippen molar-refractivity contribution in [2.24, 2.45) is 0 Å². The van der Waals surface area contributed by atoms with Crippen molar-refractivity contribution >= 4 is 31.9 Å². The minimum absolute atomic E-state index is 0.174. The lowest BCUT2D eigenvalue weighted by molar-refractivity contribution is 0.107. The molecule has 0 aromatic heterocycles. The fraction of sp³-hybridized carbons (Fsp3) is 0.200. The molecule has 0 saturated carbocycles. The van der Waals surface area contributed by atoms with Gasteiger partial charge in [-0.3, -0.25) is 0 Å². The van der Waals surface area contributed by atoms with Crippen LogP contribution in [-0.4, -0.2) is 18.8 Å². The Morgan fingerprint density at radius 1 is 1.15 bits per heavy atom. The first kappa shape index (κ1) is 15.4. The van der Waals surface area contributed by atoms with E-state index in [0.29, 0.717) is 11.5 Å². The van der Waals surface area contributed by atoms with Crippen LogP contribution in [0.3, 0.4) is 0 Å². The number of ether oxygens (including phenoxy) is 2. The van der Waals surface area contributed by atoms with E-state index in [2.05, 4.69) is 31.9 Å². The minimum Gasteiger partial charge on any atom is -0.497 e. The fourth-order valence-corrected chi connectivity index (χ4v) is 2.87. The Hall–Kier alpha value is -1.04. The fourth-order valence-electron chi connectivity index (χ4n) is 1.71. The van der Waals surface area contributed by atoms with Crippen molar-refractivity contribution in [1.82, 2.24) is 0 Å². The third-order valence-electron chi connectivity index (χ3n) is 2.77. The third-order valence-corrected chi connectivity index (χ3v) is 3.88. The van der Waals surface area contributed by atoms with Gasteiger partial charge in [-0.25, -0.2) is 0 Å². The van der Waals surface area contributed by atoms with Crippen molar-refractivity contribution in [1.29, 1.82) is 0 Å². The summed E-state index contributed by atoms with van der Waals surface area (Å²) >= 11 is 6.80. The first-order valence-corrected chi connectivity index (χ1v) is 7.58. The normalized spacial score (nSPS) is 12.0. The van der Waals surface area contributed by atoms with E-state index in [4.69, 9.17) is 9.47 Å². The summed E-state index contributed by atoms with van der Waals surface area (Å²) in [6, 6.07) is 12.9. The molecule has 2 aromatic carbocycles. The van der Waals surface area contributed by atoms with Crippen LogP contribution in [0.5, 0.6) is 11.5 Å². The van der Waals surface area contributed by atoms with Gasteiger partial charge in [0.05, 0.1) is 11.6 Å². The summed E-state index contributed by atoms with van der Waals surface area (Å²) in [5.41, 5.74) is 0.762.